The summed E-state index contributed by atoms with van der Waals surface area (Å²) in [7, 11) is 0. The quantitative estimate of drug-likeness (QED) is 0.411. The molecule has 1 heterocycles. The fourth-order valence-corrected chi connectivity index (χ4v) is 5.14. The van der Waals surface area contributed by atoms with Gasteiger partial charge in [0.05, 0.1) is 29.4 Å². The third-order valence-electron chi connectivity index (χ3n) is 6.89. The van der Waals surface area contributed by atoms with Crippen LogP contribution in [0.3, 0.4) is 0 Å². The normalized spacial score (nSPS) is 25.1. The maximum atomic E-state index is 13.2. The van der Waals surface area contributed by atoms with Crippen LogP contribution in [0.25, 0.3) is 0 Å². The molecule has 186 valence electrons. The predicted molar refractivity (Wildman–Crippen MR) is 128 cm³/mol. The molecule has 1 saturated heterocycles. The summed E-state index contributed by atoms with van der Waals surface area (Å²) in [6.07, 6.45) is -4.55. The van der Waals surface area contributed by atoms with Crippen molar-refractivity contribution in [3.8, 4) is 11.5 Å². The minimum Gasteiger partial charge on any atom is -0.507 e. The van der Waals surface area contributed by atoms with Crippen LogP contribution in [0.1, 0.15) is 55.3 Å². The maximum Gasteiger partial charge on any atom is 0.338 e. The van der Waals surface area contributed by atoms with Gasteiger partial charge in [-0.25, -0.2) is 4.79 Å². The second-order valence-electron chi connectivity index (χ2n) is 9.27. The van der Waals surface area contributed by atoms with Crippen LogP contribution in [0, 0.1) is 6.92 Å². The number of phenols is 2. The SMILES string of the molecule is Cc1cc(O)c2c(c1)C(CC1OCC(OC(=O)c3ccccc3)C(O)C1O)c1cccc(O)c1C2=O. The fourth-order valence-electron chi connectivity index (χ4n) is 5.14. The van der Waals surface area contributed by atoms with Gasteiger partial charge in [0.1, 0.15) is 23.7 Å². The Kier molecular flexibility index (Phi) is 6.26. The second kappa shape index (κ2) is 9.39. The van der Waals surface area contributed by atoms with Crippen LogP contribution >= 0.6 is 0 Å². The zero-order valence-electron chi connectivity index (χ0n) is 19.5. The third-order valence-corrected chi connectivity index (χ3v) is 6.89. The van der Waals surface area contributed by atoms with Crippen molar-refractivity contribution < 1.29 is 39.5 Å². The van der Waals surface area contributed by atoms with Gasteiger partial charge in [-0.15, -0.1) is 0 Å². The highest BCUT2D eigenvalue weighted by Crippen LogP contribution is 2.46. The molecule has 0 bridgehead atoms. The van der Waals surface area contributed by atoms with Crippen molar-refractivity contribution in [2.75, 3.05) is 6.61 Å². The number of hydrogen-bond acceptors (Lipinski definition) is 8. The molecule has 0 aromatic heterocycles. The second-order valence-corrected chi connectivity index (χ2v) is 9.27. The topological polar surface area (TPSA) is 134 Å². The summed E-state index contributed by atoms with van der Waals surface area (Å²) in [4.78, 5) is 25.6. The molecule has 0 spiro atoms. The summed E-state index contributed by atoms with van der Waals surface area (Å²) < 4.78 is 11.3. The molecule has 0 amide bonds. The lowest BCUT2D eigenvalue weighted by Gasteiger charge is -2.39. The van der Waals surface area contributed by atoms with Crippen molar-refractivity contribution in [3.05, 3.63) is 94.0 Å². The molecule has 1 fully saturated rings. The van der Waals surface area contributed by atoms with E-state index in [-0.39, 0.29) is 35.7 Å². The molecular formula is C28H26O8. The Morgan fingerprint density at radius 2 is 1.67 bits per heavy atom. The van der Waals surface area contributed by atoms with Crippen molar-refractivity contribution >= 4 is 11.8 Å². The Hall–Kier alpha value is -3.72. The number of phenolic OH excluding ortho intramolecular Hbond substituents is 2. The van der Waals surface area contributed by atoms with E-state index in [1.165, 1.54) is 12.1 Å². The van der Waals surface area contributed by atoms with E-state index in [9.17, 15) is 30.0 Å². The lowest BCUT2D eigenvalue weighted by molar-refractivity contribution is -0.189. The minimum absolute atomic E-state index is 0.0923. The highest BCUT2D eigenvalue weighted by atomic mass is 16.6. The van der Waals surface area contributed by atoms with Crippen molar-refractivity contribution in [2.24, 2.45) is 0 Å². The summed E-state index contributed by atoms with van der Waals surface area (Å²) in [5.41, 5.74) is 2.34. The van der Waals surface area contributed by atoms with E-state index in [1.807, 2.05) is 0 Å². The van der Waals surface area contributed by atoms with Gasteiger partial charge in [-0.2, -0.15) is 0 Å². The number of aromatic hydroxyl groups is 2. The molecule has 2 aliphatic rings. The molecule has 0 radical (unpaired) electrons. The number of benzene rings is 3. The Bertz CT molecular complexity index is 1320. The number of ether oxygens (including phenoxy) is 2. The van der Waals surface area contributed by atoms with Crippen LogP contribution in [0.2, 0.25) is 0 Å². The Balaban J connectivity index is 1.41. The van der Waals surface area contributed by atoms with Crippen LogP contribution in [0.4, 0.5) is 0 Å². The number of hydrogen-bond donors (Lipinski definition) is 4. The van der Waals surface area contributed by atoms with Crippen LogP contribution in [0.5, 0.6) is 11.5 Å². The first-order valence-corrected chi connectivity index (χ1v) is 11.7. The molecule has 8 nitrogen and oxygen atoms in total. The van der Waals surface area contributed by atoms with E-state index in [4.69, 9.17) is 9.47 Å². The number of aryl methyl sites for hydroxylation is 1. The molecule has 5 atom stereocenters. The molecule has 5 rings (SSSR count). The lowest BCUT2D eigenvalue weighted by atomic mass is 9.73. The molecule has 1 aliphatic heterocycles. The average Bonchev–Trinajstić information content (AvgIpc) is 2.85. The van der Waals surface area contributed by atoms with Gasteiger partial charge in [-0.05, 0) is 54.3 Å². The van der Waals surface area contributed by atoms with Crippen LogP contribution < -0.4 is 0 Å². The van der Waals surface area contributed by atoms with Gasteiger partial charge in [-0.1, -0.05) is 36.4 Å². The van der Waals surface area contributed by atoms with E-state index in [0.717, 1.165) is 5.56 Å². The van der Waals surface area contributed by atoms with Gasteiger partial charge < -0.3 is 29.9 Å². The largest absolute Gasteiger partial charge is 0.507 e. The highest BCUT2D eigenvalue weighted by molar-refractivity contribution is 6.16. The van der Waals surface area contributed by atoms with Gasteiger partial charge in [0.15, 0.2) is 6.10 Å². The highest BCUT2D eigenvalue weighted by Gasteiger charge is 2.44. The van der Waals surface area contributed by atoms with Gasteiger partial charge in [0.2, 0.25) is 5.78 Å². The van der Waals surface area contributed by atoms with Crippen LogP contribution in [-0.2, 0) is 9.47 Å². The molecule has 3 aromatic rings. The van der Waals surface area contributed by atoms with Crippen molar-refractivity contribution in [2.45, 2.75) is 43.7 Å². The number of ketones is 1. The van der Waals surface area contributed by atoms with E-state index < -0.39 is 42.1 Å². The van der Waals surface area contributed by atoms with Crippen LogP contribution in [0.15, 0.2) is 60.7 Å². The van der Waals surface area contributed by atoms with Gasteiger partial charge >= 0.3 is 5.97 Å². The van der Waals surface area contributed by atoms with Crippen molar-refractivity contribution in [1.29, 1.82) is 0 Å². The standard InChI is InChI=1S/C28H26O8/c1-14-10-18-17(16-8-5-9-19(29)23(16)27(33)24(18)20(30)11-14)12-21-25(31)26(32)22(13-35-21)36-28(34)15-6-3-2-4-7-15/h2-11,17,21-22,25-26,29-32H,12-13H2,1H3. The molecule has 36 heavy (non-hydrogen) atoms. The Morgan fingerprint density at radius 3 is 2.42 bits per heavy atom. The summed E-state index contributed by atoms with van der Waals surface area (Å²) in [6, 6.07) is 16.4. The number of rotatable bonds is 4. The smallest absolute Gasteiger partial charge is 0.338 e. The summed E-state index contributed by atoms with van der Waals surface area (Å²) in [5, 5.41) is 42.7. The first kappa shape index (κ1) is 24.0. The summed E-state index contributed by atoms with van der Waals surface area (Å²) >= 11 is 0. The van der Waals surface area contributed by atoms with Gasteiger partial charge in [-0.3, -0.25) is 4.79 Å². The number of esters is 1. The number of aliphatic hydroxyl groups is 2. The Morgan fingerprint density at radius 1 is 0.944 bits per heavy atom. The zero-order chi connectivity index (χ0) is 25.6. The van der Waals surface area contributed by atoms with E-state index in [1.54, 1.807) is 55.5 Å². The van der Waals surface area contributed by atoms with Gasteiger partial charge in [0.25, 0.3) is 0 Å². The molecule has 5 unspecified atom stereocenters. The summed E-state index contributed by atoms with van der Waals surface area (Å²) in [6.45, 7) is 1.66. The molecule has 4 N–H and O–H groups in total. The predicted octanol–water partition coefficient (Wildman–Crippen LogP) is 2.82. The minimum atomic E-state index is -1.39. The Labute approximate surface area is 207 Å². The average molecular weight is 491 g/mol. The number of carbonyl (C=O) groups is 2. The number of aliphatic hydroxyl groups excluding tert-OH is 2. The lowest BCUT2D eigenvalue weighted by Crippen LogP contribution is -2.54. The third kappa shape index (κ3) is 4.13. The fraction of sp³-hybridized carbons (Fsp3) is 0.286. The molecule has 8 heteroatoms. The van der Waals surface area contributed by atoms with Crippen molar-refractivity contribution in [3.63, 3.8) is 0 Å². The van der Waals surface area contributed by atoms with E-state index >= 15 is 0 Å². The zero-order valence-corrected chi connectivity index (χ0v) is 19.5. The molecular weight excluding hydrogens is 464 g/mol. The number of carbonyl (C=O) groups excluding carboxylic acids is 2. The monoisotopic (exact) mass is 490 g/mol. The maximum absolute atomic E-state index is 13.2. The van der Waals surface area contributed by atoms with E-state index in [2.05, 4.69) is 0 Å². The van der Waals surface area contributed by atoms with Gasteiger partial charge in [0, 0.05) is 5.92 Å². The number of fused-ring (bicyclic) bond motifs is 2. The molecule has 1 aliphatic carbocycles. The first-order chi connectivity index (χ1) is 17.3. The van der Waals surface area contributed by atoms with Crippen molar-refractivity contribution in [1.82, 2.24) is 0 Å². The first-order valence-electron chi connectivity index (χ1n) is 11.7. The van der Waals surface area contributed by atoms with E-state index in [0.29, 0.717) is 16.7 Å². The molecule has 3 aromatic carbocycles. The van der Waals surface area contributed by atoms with Crippen LogP contribution in [-0.4, -0.2) is 63.2 Å². The molecule has 0 saturated carbocycles. The summed E-state index contributed by atoms with van der Waals surface area (Å²) in [5.74, 6) is -2.02.